The minimum atomic E-state index is -0.640. The summed E-state index contributed by atoms with van der Waals surface area (Å²) in [6, 6.07) is 13.5. The third kappa shape index (κ3) is 5.28. The fourth-order valence-electron chi connectivity index (χ4n) is 2.97. The van der Waals surface area contributed by atoms with E-state index >= 15 is 0 Å². The van der Waals surface area contributed by atoms with Gasteiger partial charge in [-0.25, -0.2) is 0 Å². The Morgan fingerprint density at radius 2 is 1.93 bits per heavy atom. The molecule has 0 saturated heterocycles. The van der Waals surface area contributed by atoms with E-state index < -0.39 is 6.10 Å². The van der Waals surface area contributed by atoms with Crippen molar-refractivity contribution in [2.24, 2.45) is 0 Å². The maximum absolute atomic E-state index is 10.3. The monoisotopic (exact) mass is 373 g/mol. The molecule has 2 aromatic carbocycles. The van der Waals surface area contributed by atoms with Gasteiger partial charge >= 0.3 is 0 Å². The Morgan fingerprint density at radius 1 is 1.15 bits per heavy atom. The second kappa shape index (κ2) is 8.50. The Bertz CT molecular complexity index is 745. The summed E-state index contributed by atoms with van der Waals surface area (Å²) in [5.74, 6) is 2.69. The van der Waals surface area contributed by atoms with Gasteiger partial charge in [-0.3, -0.25) is 0 Å². The number of ether oxygens (including phenoxy) is 4. The van der Waals surface area contributed by atoms with Crippen molar-refractivity contribution in [3.05, 3.63) is 48.0 Å². The van der Waals surface area contributed by atoms with Crippen LogP contribution in [0.1, 0.15) is 19.4 Å². The molecule has 0 radical (unpaired) electrons. The molecular formula is C21H27NO5. The molecule has 1 atom stereocenters. The van der Waals surface area contributed by atoms with E-state index in [4.69, 9.17) is 18.9 Å². The number of nitrogens with one attached hydrogen (secondary N) is 1. The summed E-state index contributed by atoms with van der Waals surface area (Å²) in [5, 5.41) is 13.7. The van der Waals surface area contributed by atoms with Gasteiger partial charge in [0.15, 0.2) is 11.5 Å². The lowest BCUT2D eigenvalue weighted by Gasteiger charge is -2.28. The van der Waals surface area contributed by atoms with Gasteiger partial charge in [-0.15, -0.1) is 0 Å². The van der Waals surface area contributed by atoms with Gasteiger partial charge in [-0.05, 0) is 50.1 Å². The van der Waals surface area contributed by atoms with Gasteiger partial charge in [-0.1, -0.05) is 18.2 Å². The van der Waals surface area contributed by atoms with E-state index in [-0.39, 0.29) is 18.9 Å². The van der Waals surface area contributed by atoms with Gasteiger partial charge in [0.25, 0.3) is 0 Å². The number of fused-ring (bicyclic) bond motifs is 1. The molecule has 3 rings (SSSR count). The van der Waals surface area contributed by atoms with E-state index in [0.717, 1.165) is 12.2 Å². The first-order valence-electron chi connectivity index (χ1n) is 9.04. The number of hydrogen-bond donors (Lipinski definition) is 2. The van der Waals surface area contributed by atoms with Crippen LogP contribution in [0, 0.1) is 0 Å². The molecular weight excluding hydrogens is 346 g/mol. The molecule has 0 saturated carbocycles. The zero-order chi connectivity index (χ0) is 19.3. The zero-order valence-electron chi connectivity index (χ0n) is 16.0. The maximum atomic E-state index is 10.3. The Kier molecular flexibility index (Phi) is 6.08. The number of rotatable bonds is 9. The van der Waals surface area contributed by atoms with Crippen molar-refractivity contribution in [2.75, 3.05) is 27.1 Å². The first kappa shape index (κ1) is 19.3. The number of methoxy groups -OCH3 is 1. The van der Waals surface area contributed by atoms with Gasteiger partial charge in [-0.2, -0.15) is 0 Å². The van der Waals surface area contributed by atoms with E-state index in [1.54, 1.807) is 13.2 Å². The maximum Gasteiger partial charge on any atom is 0.231 e. The largest absolute Gasteiger partial charge is 0.497 e. The Morgan fingerprint density at radius 3 is 2.67 bits per heavy atom. The highest BCUT2D eigenvalue weighted by atomic mass is 16.7. The van der Waals surface area contributed by atoms with E-state index in [0.29, 0.717) is 23.8 Å². The molecule has 2 N–H and O–H groups in total. The number of hydrogen-bond acceptors (Lipinski definition) is 6. The molecule has 6 nitrogen and oxygen atoms in total. The van der Waals surface area contributed by atoms with Crippen molar-refractivity contribution < 1.29 is 24.1 Å². The van der Waals surface area contributed by atoms with E-state index in [1.165, 1.54) is 5.56 Å². The second-order valence-electron chi connectivity index (χ2n) is 7.24. The highest BCUT2D eigenvalue weighted by molar-refractivity contribution is 5.52. The first-order valence-corrected chi connectivity index (χ1v) is 9.04. The Labute approximate surface area is 160 Å². The van der Waals surface area contributed by atoms with Crippen molar-refractivity contribution in [3.8, 4) is 23.0 Å². The third-order valence-corrected chi connectivity index (χ3v) is 4.41. The van der Waals surface area contributed by atoms with Gasteiger partial charge in [0.05, 0.1) is 7.11 Å². The molecule has 1 aliphatic rings. The number of aliphatic hydroxyl groups excluding tert-OH is 1. The summed E-state index contributed by atoms with van der Waals surface area (Å²) in [4.78, 5) is 0. The fraction of sp³-hybridized carbons (Fsp3) is 0.429. The van der Waals surface area contributed by atoms with Crippen LogP contribution in [0.15, 0.2) is 42.5 Å². The highest BCUT2D eigenvalue weighted by Crippen LogP contribution is 2.40. The second-order valence-corrected chi connectivity index (χ2v) is 7.24. The molecule has 146 valence electrons. The molecule has 1 unspecified atom stereocenters. The quantitative estimate of drug-likeness (QED) is 0.704. The summed E-state index contributed by atoms with van der Waals surface area (Å²) >= 11 is 0. The lowest BCUT2D eigenvalue weighted by molar-refractivity contribution is 0.0963. The van der Waals surface area contributed by atoms with Gasteiger partial charge in [0.2, 0.25) is 12.5 Å². The lowest BCUT2D eigenvalue weighted by atomic mass is 9.94. The van der Waals surface area contributed by atoms with Gasteiger partial charge in [0.1, 0.15) is 18.5 Å². The molecule has 0 spiro atoms. The number of benzene rings is 2. The normalized spacial score (nSPS) is 14.1. The summed E-state index contributed by atoms with van der Waals surface area (Å²) < 4.78 is 21.6. The minimum Gasteiger partial charge on any atom is -0.497 e. The number of β-amino-alcohol motifs (C(OH)–C–C–N with tert-alkyl or cyclic N) is 1. The standard InChI is InChI=1S/C21H27NO5/c1-21(2,11-15-7-9-17(24-3)10-8-15)22-12-16(23)13-25-18-5-4-6-19-20(18)27-14-26-19/h4-10,16,22-23H,11-14H2,1-3H3. The lowest BCUT2D eigenvalue weighted by Crippen LogP contribution is -2.46. The zero-order valence-corrected chi connectivity index (χ0v) is 16.0. The van der Waals surface area contributed by atoms with Crippen molar-refractivity contribution in [3.63, 3.8) is 0 Å². The van der Waals surface area contributed by atoms with Crippen LogP contribution in [0.5, 0.6) is 23.0 Å². The van der Waals surface area contributed by atoms with Crippen LogP contribution in [0.3, 0.4) is 0 Å². The molecule has 0 amide bonds. The topological polar surface area (TPSA) is 69.2 Å². The predicted octanol–water partition coefficient (Wildman–Crippen LogP) is 2.77. The summed E-state index contributed by atoms with van der Waals surface area (Å²) in [6.45, 7) is 5.01. The average Bonchev–Trinajstić information content (AvgIpc) is 3.14. The highest BCUT2D eigenvalue weighted by Gasteiger charge is 2.21. The molecule has 0 aliphatic carbocycles. The van der Waals surface area contributed by atoms with Crippen LogP contribution in [0.4, 0.5) is 0 Å². The molecule has 27 heavy (non-hydrogen) atoms. The Balaban J connectivity index is 1.46. The van der Waals surface area contributed by atoms with Crippen molar-refractivity contribution in [2.45, 2.75) is 31.9 Å². The van der Waals surface area contributed by atoms with Crippen molar-refractivity contribution in [1.29, 1.82) is 0 Å². The molecule has 0 bridgehead atoms. The van der Waals surface area contributed by atoms with Crippen LogP contribution >= 0.6 is 0 Å². The third-order valence-electron chi connectivity index (χ3n) is 4.41. The molecule has 1 aliphatic heterocycles. The number of aliphatic hydroxyl groups is 1. The minimum absolute atomic E-state index is 0.166. The van der Waals surface area contributed by atoms with E-state index in [9.17, 15) is 5.11 Å². The molecule has 1 heterocycles. The van der Waals surface area contributed by atoms with Crippen LogP contribution in [-0.2, 0) is 6.42 Å². The Hall–Kier alpha value is -2.44. The van der Waals surface area contributed by atoms with Crippen LogP contribution < -0.4 is 24.3 Å². The van der Waals surface area contributed by atoms with Gasteiger partial charge in [0, 0.05) is 12.1 Å². The van der Waals surface area contributed by atoms with E-state index in [1.807, 2.05) is 24.3 Å². The van der Waals surface area contributed by atoms with Gasteiger partial charge < -0.3 is 29.4 Å². The summed E-state index contributed by atoms with van der Waals surface area (Å²) in [6.07, 6.45) is 0.195. The van der Waals surface area contributed by atoms with E-state index in [2.05, 4.69) is 31.3 Å². The molecule has 2 aromatic rings. The first-order chi connectivity index (χ1) is 13.0. The SMILES string of the molecule is COc1ccc(CC(C)(C)NCC(O)COc2cccc3c2OCO3)cc1. The summed E-state index contributed by atoms with van der Waals surface area (Å²) in [5.41, 5.74) is 1.04. The fourth-order valence-corrected chi connectivity index (χ4v) is 2.97. The predicted molar refractivity (Wildman–Crippen MR) is 103 cm³/mol. The van der Waals surface area contributed by atoms with Crippen molar-refractivity contribution in [1.82, 2.24) is 5.32 Å². The smallest absolute Gasteiger partial charge is 0.231 e. The molecule has 0 aromatic heterocycles. The van der Waals surface area contributed by atoms with Crippen LogP contribution in [-0.4, -0.2) is 43.8 Å². The van der Waals surface area contributed by atoms with Crippen LogP contribution in [0.2, 0.25) is 0 Å². The molecule has 0 fully saturated rings. The van der Waals surface area contributed by atoms with Crippen molar-refractivity contribution >= 4 is 0 Å². The molecule has 6 heteroatoms. The summed E-state index contributed by atoms with van der Waals surface area (Å²) in [7, 11) is 1.66. The number of para-hydroxylation sites is 1. The van der Waals surface area contributed by atoms with Crippen LogP contribution in [0.25, 0.3) is 0 Å². The average molecular weight is 373 g/mol.